The molecule has 0 aliphatic carbocycles. The molecule has 1 fully saturated rings. The quantitative estimate of drug-likeness (QED) is 0.832. The number of hydrogen-bond acceptors (Lipinski definition) is 6. The average molecular weight is 314 g/mol. The zero-order valence-corrected chi connectivity index (χ0v) is 11.7. The van der Waals surface area contributed by atoms with Gasteiger partial charge in [0.25, 0.3) is 0 Å². The molecule has 0 spiro atoms. The van der Waals surface area contributed by atoms with Crippen molar-refractivity contribution in [2.75, 3.05) is 12.3 Å². The first kappa shape index (κ1) is 14.2. The summed E-state index contributed by atoms with van der Waals surface area (Å²) < 4.78 is 20.7. The van der Waals surface area contributed by atoms with Gasteiger partial charge in [-0.3, -0.25) is 4.57 Å². The van der Waals surface area contributed by atoms with Gasteiger partial charge >= 0.3 is 0 Å². The molecule has 2 aromatic rings. The van der Waals surface area contributed by atoms with Gasteiger partial charge in [-0.15, -0.1) is 0 Å². The van der Waals surface area contributed by atoms with Crippen LogP contribution in [0.2, 0.25) is 5.15 Å². The molecule has 1 saturated heterocycles. The first-order valence-electron chi connectivity index (χ1n) is 6.27. The van der Waals surface area contributed by atoms with E-state index in [1.807, 2.05) is 0 Å². The number of imidazole rings is 1. The predicted molar refractivity (Wildman–Crippen MR) is 74.1 cm³/mol. The monoisotopic (exact) mass is 313 g/mol. The molecule has 3 unspecified atom stereocenters. The van der Waals surface area contributed by atoms with Gasteiger partial charge in [-0.1, -0.05) is 18.2 Å². The molecule has 0 saturated carbocycles. The maximum absolute atomic E-state index is 13.4. The SMILES string of the molecule is C=C(F)C1CC(n2cnc3c(Cl)nc(N)nc32)OC1CO. The summed E-state index contributed by atoms with van der Waals surface area (Å²) in [5, 5.41) is 9.42. The Morgan fingerprint density at radius 2 is 2.38 bits per heavy atom. The molecular weight excluding hydrogens is 301 g/mol. The van der Waals surface area contributed by atoms with Crippen molar-refractivity contribution in [1.29, 1.82) is 0 Å². The molecule has 0 amide bonds. The molecule has 9 heteroatoms. The van der Waals surface area contributed by atoms with E-state index >= 15 is 0 Å². The van der Waals surface area contributed by atoms with Gasteiger partial charge in [0.15, 0.2) is 10.8 Å². The van der Waals surface area contributed by atoms with Gasteiger partial charge in [0.05, 0.1) is 24.9 Å². The second-order valence-electron chi connectivity index (χ2n) is 4.80. The number of aliphatic hydroxyl groups is 1. The molecule has 1 aliphatic heterocycles. The van der Waals surface area contributed by atoms with Crippen molar-refractivity contribution in [2.24, 2.45) is 5.92 Å². The largest absolute Gasteiger partial charge is 0.394 e. The zero-order valence-electron chi connectivity index (χ0n) is 10.9. The topological polar surface area (TPSA) is 99.1 Å². The summed E-state index contributed by atoms with van der Waals surface area (Å²) in [5.74, 6) is -1.09. The summed E-state index contributed by atoms with van der Waals surface area (Å²) in [5.41, 5.74) is 6.37. The van der Waals surface area contributed by atoms with Crippen molar-refractivity contribution in [3.8, 4) is 0 Å². The number of rotatable bonds is 3. The lowest BCUT2D eigenvalue weighted by Crippen LogP contribution is -2.20. The second-order valence-corrected chi connectivity index (χ2v) is 5.16. The molecule has 0 bridgehead atoms. The number of nitrogen functional groups attached to an aromatic ring is 1. The molecule has 112 valence electrons. The Morgan fingerprint density at radius 1 is 1.62 bits per heavy atom. The van der Waals surface area contributed by atoms with Gasteiger partial charge in [-0.25, -0.2) is 9.37 Å². The van der Waals surface area contributed by atoms with Crippen molar-refractivity contribution < 1.29 is 14.2 Å². The molecule has 2 aromatic heterocycles. The lowest BCUT2D eigenvalue weighted by atomic mass is 10.0. The fourth-order valence-electron chi connectivity index (χ4n) is 2.51. The minimum atomic E-state index is -0.653. The van der Waals surface area contributed by atoms with E-state index in [4.69, 9.17) is 22.1 Å². The van der Waals surface area contributed by atoms with Crippen LogP contribution in [0.3, 0.4) is 0 Å². The van der Waals surface area contributed by atoms with Crippen LogP contribution in [0.4, 0.5) is 10.3 Å². The molecule has 0 radical (unpaired) electrons. The molecule has 21 heavy (non-hydrogen) atoms. The van der Waals surface area contributed by atoms with Gasteiger partial charge in [0.2, 0.25) is 5.95 Å². The number of nitrogens with zero attached hydrogens (tertiary/aromatic N) is 4. The van der Waals surface area contributed by atoms with Crippen molar-refractivity contribution in [1.82, 2.24) is 19.5 Å². The Morgan fingerprint density at radius 3 is 3.00 bits per heavy atom. The first-order valence-corrected chi connectivity index (χ1v) is 6.65. The fraction of sp³-hybridized carbons (Fsp3) is 0.417. The summed E-state index contributed by atoms with van der Waals surface area (Å²) in [6.45, 7) is 3.00. The highest BCUT2D eigenvalue weighted by molar-refractivity contribution is 6.33. The summed E-state index contributed by atoms with van der Waals surface area (Å²) in [4.78, 5) is 12.0. The van der Waals surface area contributed by atoms with Gasteiger partial charge in [0, 0.05) is 12.3 Å². The molecule has 0 aromatic carbocycles. The van der Waals surface area contributed by atoms with E-state index in [9.17, 15) is 9.50 Å². The molecular formula is C12H13ClFN5O2. The highest BCUT2D eigenvalue weighted by Crippen LogP contribution is 2.38. The molecule has 3 heterocycles. The molecule has 1 aliphatic rings. The average Bonchev–Trinajstić information content (AvgIpc) is 3.01. The standard InChI is InChI=1S/C12H13ClFN5O2/c1-5(14)6-2-8(21-7(6)3-20)19-4-16-9-10(13)17-12(15)18-11(9)19/h4,6-8,20H,1-3H2,(H2,15,17,18). The van der Waals surface area contributed by atoms with Crippen LogP contribution in [-0.2, 0) is 4.74 Å². The van der Waals surface area contributed by atoms with Crippen molar-refractivity contribution >= 4 is 28.7 Å². The Balaban J connectivity index is 2.00. The normalized spacial score (nSPS) is 25.6. The van der Waals surface area contributed by atoms with Crippen molar-refractivity contribution in [3.05, 3.63) is 23.9 Å². The molecule has 3 rings (SSSR count). The van der Waals surface area contributed by atoms with E-state index in [0.717, 1.165) is 0 Å². The van der Waals surface area contributed by atoms with Crippen molar-refractivity contribution in [2.45, 2.75) is 18.8 Å². The van der Waals surface area contributed by atoms with E-state index in [2.05, 4.69) is 21.5 Å². The van der Waals surface area contributed by atoms with Gasteiger partial charge < -0.3 is 15.6 Å². The lowest BCUT2D eigenvalue weighted by Gasteiger charge is -2.14. The van der Waals surface area contributed by atoms with Crippen LogP contribution in [0.15, 0.2) is 18.7 Å². The van der Waals surface area contributed by atoms with Crippen LogP contribution in [0.25, 0.3) is 11.2 Å². The number of aromatic nitrogens is 4. The maximum Gasteiger partial charge on any atom is 0.223 e. The predicted octanol–water partition coefficient (Wildman–Crippen LogP) is 1.44. The summed E-state index contributed by atoms with van der Waals surface area (Å²) in [6, 6.07) is 0. The number of fused-ring (bicyclic) bond motifs is 1. The van der Waals surface area contributed by atoms with Crippen molar-refractivity contribution in [3.63, 3.8) is 0 Å². The minimum Gasteiger partial charge on any atom is -0.394 e. The van der Waals surface area contributed by atoms with Crippen LogP contribution in [0, 0.1) is 5.92 Å². The van der Waals surface area contributed by atoms with Gasteiger partial charge in [-0.05, 0) is 0 Å². The first-order chi connectivity index (χ1) is 10.0. The number of aliphatic hydroxyl groups excluding tert-OH is 1. The highest BCUT2D eigenvalue weighted by Gasteiger charge is 2.38. The molecule has 3 atom stereocenters. The third-order valence-corrected chi connectivity index (χ3v) is 3.79. The third-order valence-electron chi connectivity index (χ3n) is 3.52. The molecule has 3 N–H and O–H groups in total. The number of anilines is 1. The number of ether oxygens (including phenoxy) is 1. The van der Waals surface area contributed by atoms with Crippen LogP contribution in [0.5, 0.6) is 0 Å². The summed E-state index contributed by atoms with van der Waals surface area (Å²) in [6.07, 6.45) is 0.607. The fourth-order valence-corrected chi connectivity index (χ4v) is 2.73. The second kappa shape index (κ2) is 5.21. The number of nitrogens with two attached hydrogens (primary N) is 1. The van der Waals surface area contributed by atoms with Crippen LogP contribution in [0.1, 0.15) is 12.6 Å². The molecule has 7 nitrogen and oxygen atoms in total. The van der Waals surface area contributed by atoms with E-state index in [1.165, 1.54) is 6.33 Å². The minimum absolute atomic E-state index is 0.0115. The highest BCUT2D eigenvalue weighted by atomic mass is 35.5. The zero-order chi connectivity index (χ0) is 15.1. The smallest absolute Gasteiger partial charge is 0.223 e. The van der Waals surface area contributed by atoms with E-state index in [1.54, 1.807) is 4.57 Å². The van der Waals surface area contributed by atoms with E-state index in [-0.39, 0.29) is 17.7 Å². The summed E-state index contributed by atoms with van der Waals surface area (Å²) >= 11 is 5.96. The Bertz CT molecular complexity index is 706. The van der Waals surface area contributed by atoms with Crippen LogP contribution < -0.4 is 5.73 Å². The number of hydrogen-bond donors (Lipinski definition) is 2. The lowest BCUT2D eigenvalue weighted by molar-refractivity contribution is -0.0277. The summed E-state index contributed by atoms with van der Waals surface area (Å²) in [7, 11) is 0. The van der Waals surface area contributed by atoms with Crippen LogP contribution in [-0.4, -0.2) is 37.3 Å². The van der Waals surface area contributed by atoms with Gasteiger partial charge in [-0.2, -0.15) is 9.97 Å². The van der Waals surface area contributed by atoms with Crippen LogP contribution >= 0.6 is 11.6 Å². The Hall–Kier alpha value is -1.77. The van der Waals surface area contributed by atoms with Gasteiger partial charge in [0.1, 0.15) is 11.7 Å². The Labute approximate surface area is 124 Å². The maximum atomic E-state index is 13.4. The van der Waals surface area contributed by atoms with E-state index < -0.39 is 24.1 Å². The number of halogens is 2. The van der Waals surface area contributed by atoms with E-state index in [0.29, 0.717) is 17.6 Å². The Kier molecular flexibility index (Phi) is 3.52. The third kappa shape index (κ3) is 2.35.